The van der Waals surface area contributed by atoms with E-state index in [0.717, 1.165) is 47.5 Å². The molecule has 182 valence electrons. The van der Waals surface area contributed by atoms with Crippen LogP contribution in [0, 0.1) is 0 Å². The number of rotatable bonds is 5. The van der Waals surface area contributed by atoms with Crippen molar-refractivity contribution in [3.63, 3.8) is 0 Å². The lowest BCUT2D eigenvalue weighted by Crippen LogP contribution is -2.32. The van der Waals surface area contributed by atoms with Crippen LogP contribution in [-0.4, -0.2) is 36.2 Å². The quantitative estimate of drug-likeness (QED) is 0.456. The maximum absolute atomic E-state index is 14.1. The van der Waals surface area contributed by atoms with Crippen LogP contribution in [-0.2, 0) is 24.3 Å². The third kappa shape index (κ3) is 5.20. The summed E-state index contributed by atoms with van der Waals surface area (Å²) in [6, 6.07) is 20.3. The van der Waals surface area contributed by atoms with Crippen molar-refractivity contribution >= 4 is 5.91 Å². The second-order valence-electron chi connectivity index (χ2n) is 10.2. The SMILES string of the molecule is CC(C)(C)OCc1ccc2c(c1-c1ccc3c(c1)CCCO3)C(=O)N(Cc1ccccc1)CCO2. The summed E-state index contributed by atoms with van der Waals surface area (Å²) in [7, 11) is 0. The van der Waals surface area contributed by atoms with Crippen LogP contribution in [0.4, 0.5) is 0 Å². The van der Waals surface area contributed by atoms with Gasteiger partial charge in [0.2, 0.25) is 0 Å². The lowest BCUT2D eigenvalue weighted by atomic mass is 9.90. The molecule has 5 nitrogen and oxygen atoms in total. The normalized spacial score (nSPS) is 15.5. The summed E-state index contributed by atoms with van der Waals surface area (Å²) in [6.45, 7) is 8.83. The van der Waals surface area contributed by atoms with Crippen molar-refractivity contribution < 1.29 is 19.0 Å². The topological polar surface area (TPSA) is 48.0 Å². The molecule has 3 aromatic carbocycles. The van der Waals surface area contributed by atoms with E-state index in [4.69, 9.17) is 14.2 Å². The Kier molecular flexibility index (Phi) is 6.52. The molecule has 0 atom stereocenters. The molecular formula is C30H33NO4. The van der Waals surface area contributed by atoms with Gasteiger partial charge in [0.05, 0.1) is 30.9 Å². The van der Waals surface area contributed by atoms with E-state index in [-0.39, 0.29) is 11.5 Å². The summed E-state index contributed by atoms with van der Waals surface area (Å²) < 4.78 is 18.2. The lowest BCUT2D eigenvalue weighted by molar-refractivity contribution is -0.0147. The average Bonchev–Trinajstić information content (AvgIpc) is 3.01. The van der Waals surface area contributed by atoms with Gasteiger partial charge in [0, 0.05) is 12.1 Å². The third-order valence-corrected chi connectivity index (χ3v) is 6.45. The van der Waals surface area contributed by atoms with Crippen LogP contribution >= 0.6 is 0 Å². The summed E-state index contributed by atoms with van der Waals surface area (Å²) >= 11 is 0. The first-order chi connectivity index (χ1) is 16.9. The van der Waals surface area contributed by atoms with Gasteiger partial charge in [-0.05, 0) is 74.1 Å². The number of ether oxygens (including phenoxy) is 3. The molecule has 0 aromatic heterocycles. The standard InChI is InChI=1S/C30H33NO4/c1-30(2,3)35-20-24-12-14-26-28(27(24)23-11-13-25-22(18-23)10-7-16-33-25)29(32)31(15-17-34-26)19-21-8-5-4-6-9-21/h4-6,8-9,11-14,18H,7,10,15-17,19-20H2,1-3H3. The molecule has 0 unspecified atom stereocenters. The molecule has 5 heteroatoms. The zero-order chi connectivity index (χ0) is 24.4. The fourth-order valence-electron chi connectivity index (χ4n) is 4.70. The van der Waals surface area contributed by atoms with Gasteiger partial charge in [-0.3, -0.25) is 4.79 Å². The van der Waals surface area contributed by atoms with Gasteiger partial charge in [0.25, 0.3) is 5.91 Å². The highest BCUT2D eigenvalue weighted by atomic mass is 16.5. The van der Waals surface area contributed by atoms with E-state index in [1.54, 1.807) is 0 Å². The van der Waals surface area contributed by atoms with Gasteiger partial charge in [0.15, 0.2) is 0 Å². The fourth-order valence-corrected chi connectivity index (χ4v) is 4.70. The third-order valence-electron chi connectivity index (χ3n) is 6.45. The minimum atomic E-state index is -0.298. The molecule has 2 aliphatic heterocycles. The molecular weight excluding hydrogens is 438 g/mol. The average molecular weight is 472 g/mol. The fraction of sp³-hybridized carbons (Fsp3) is 0.367. The van der Waals surface area contributed by atoms with E-state index in [1.807, 2.05) is 62.1 Å². The van der Waals surface area contributed by atoms with Crippen LogP contribution in [0.15, 0.2) is 60.7 Å². The van der Waals surface area contributed by atoms with E-state index < -0.39 is 0 Å². The Labute approximate surface area is 207 Å². The summed E-state index contributed by atoms with van der Waals surface area (Å²) in [6.07, 6.45) is 1.97. The van der Waals surface area contributed by atoms with Crippen LogP contribution in [0.5, 0.6) is 11.5 Å². The molecule has 5 rings (SSSR count). The predicted molar refractivity (Wildman–Crippen MR) is 137 cm³/mol. The highest BCUT2D eigenvalue weighted by Crippen LogP contribution is 2.39. The smallest absolute Gasteiger partial charge is 0.258 e. The number of carbonyl (C=O) groups excluding carboxylic acids is 1. The summed E-state index contributed by atoms with van der Waals surface area (Å²) in [5, 5.41) is 0. The molecule has 0 saturated heterocycles. The number of benzene rings is 3. The van der Waals surface area contributed by atoms with Crippen LogP contribution in [0.2, 0.25) is 0 Å². The van der Waals surface area contributed by atoms with Gasteiger partial charge in [-0.25, -0.2) is 0 Å². The van der Waals surface area contributed by atoms with E-state index in [0.29, 0.717) is 37.6 Å². The Morgan fingerprint density at radius 3 is 2.49 bits per heavy atom. The van der Waals surface area contributed by atoms with E-state index in [2.05, 4.69) is 24.3 Å². The molecule has 35 heavy (non-hydrogen) atoms. The number of hydrogen-bond donors (Lipinski definition) is 0. The first-order valence-corrected chi connectivity index (χ1v) is 12.4. The van der Waals surface area contributed by atoms with E-state index in [9.17, 15) is 4.79 Å². The number of hydrogen-bond acceptors (Lipinski definition) is 4. The molecule has 3 aromatic rings. The summed E-state index contributed by atoms with van der Waals surface area (Å²) in [5.41, 5.74) is 5.47. The molecule has 2 aliphatic rings. The second kappa shape index (κ2) is 9.74. The highest BCUT2D eigenvalue weighted by Gasteiger charge is 2.30. The molecule has 0 bridgehead atoms. The predicted octanol–water partition coefficient (Wildman–Crippen LogP) is 6.03. The van der Waals surface area contributed by atoms with Crippen LogP contribution in [0.1, 0.15) is 54.2 Å². The van der Waals surface area contributed by atoms with Crippen LogP contribution in [0.3, 0.4) is 0 Å². The zero-order valence-electron chi connectivity index (χ0n) is 20.8. The van der Waals surface area contributed by atoms with Gasteiger partial charge in [-0.1, -0.05) is 42.5 Å². The lowest BCUT2D eigenvalue weighted by Gasteiger charge is -2.25. The van der Waals surface area contributed by atoms with Gasteiger partial charge in [0.1, 0.15) is 18.1 Å². The van der Waals surface area contributed by atoms with Gasteiger partial charge in [-0.2, -0.15) is 0 Å². The van der Waals surface area contributed by atoms with E-state index >= 15 is 0 Å². The Balaban J connectivity index is 1.61. The Hall–Kier alpha value is -3.31. The monoisotopic (exact) mass is 471 g/mol. The van der Waals surface area contributed by atoms with Gasteiger partial charge >= 0.3 is 0 Å². The molecule has 1 amide bonds. The molecule has 2 heterocycles. The van der Waals surface area contributed by atoms with Crippen molar-refractivity contribution in [2.75, 3.05) is 19.8 Å². The first-order valence-electron chi connectivity index (χ1n) is 12.4. The number of nitrogens with zero attached hydrogens (tertiary/aromatic N) is 1. The molecule has 0 N–H and O–H groups in total. The highest BCUT2D eigenvalue weighted by molar-refractivity contribution is 6.04. The van der Waals surface area contributed by atoms with Crippen molar-refractivity contribution in [3.05, 3.63) is 82.9 Å². The molecule has 0 fully saturated rings. The van der Waals surface area contributed by atoms with Crippen molar-refractivity contribution in [3.8, 4) is 22.6 Å². The number of carbonyl (C=O) groups is 1. The maximum Gasteiger partial charge on any atom is 0.258 e. The minimum Gasteiger partial charge on any atom is -0.493 e. The van der Waals surface area contributed by atoms with Crippen molar-refractivity contribution in [2.24, 2.45) is 0 Å². The number of aryl methyl sites for hydroxylation is 1. The Morgan fingerprint density at radius 1 is 0.914 bits per heavy atom. The van der Waals surface area contributed by atoms with Crippen LogP contribution in [0.25, 0.3) is 11.1 Å². The number of amides is 1. The zero-order valence-corrected chi connectivity index (χ0v) is 20.8. The molecule has 0 saturated carbocycles. The van der Waals surface area contributed by atoms with Gasteiger partial charge in [-0.15, -0.1) is 0 Å². The second-order valence-corrected chi connectivity index (χ2v) is 10.2. The largest absolute Gasteiger partial charge is 0.493 e. The number of fused-ring (bicyclic) bond motifs is 2. The maximum atomic E-state index is 14.1. The van der Waals surface area contributed by atoms with Crippen molar-refractivity contribution in [1.82, 2.24) is 4.90 Å². The first kappa shape index (κ1) is 23.4. The minimum absolute atomic E-state index is 0.0112. The van der Waals surface area contributed by atoms with Gasteiger partial charge < -0.3 is 19.1 Å². The summed E-state index contributed by atoms with van der Waals surface area (Å²) in [4.78, 5) is 15.9. The van der Waals surface area contributed by atoms with Crippen molar-refractivity contribution in [1.29, 1.82) is 0 Å². The molecule has 0 spiro atoms. The Bertz CT molecular complexity index is 1210. The Morgan fingerprint density at radius 2 is 1.69 bits per heavy atom. The van der Waals surface area contributed by atoms with E-state index in [1.165, 1.54) is 5.56 Å². The molecule has 0 radical (unpaired) electrons. The summed E-state index contributed by atoms with van der Waals surface area (Å²) in [5.74, 6) is 1.56. The molecule has 0 aliphatic carbocycles. The van der Waals surface area contributed by atoms with Crippen molar-refractivity contribution in [2.45, 2.75) is 52.4 Å². The van der Waals surface area contributed by atoms with Crippen LogP contribution < -0.4 is 9.47 Å².